The summed E-state index contributed by atoms with van der Waals surface area (Å²) in [4.78, 5) is 39.7. The Morgan fingerprint density at radius 2 is 1.60 bits per heavy atom. The highest BCUT2D eigenvalue weighted by molar-refractivity contribution is 7.89. The van der Waals surface area contributed by atoms with Crippen molar-refractivity contribution in [3.63, 3.8) is 0 Å². The molecule has 2 amide bonds. The van der Waals surface area contributed by atoms with Crippen LogP contribution in [0.25, 0.3) is 0 Å². The molecule has 1 saturated carbocycles. The lowest BCUT2D eigenvalue weighted by Crippen LogP contribution is -2.56. The molecule has 0 aromatic heterocycles. The number of amides is 2. The van der Waals surface area contributed by atoms with Crippen LogP contribution in [0.2, 0.25) is 25.7 Å². The monoisotopic (exact) mass is 629 g/mol. The number of piperazine rings is 1. The predicted octanol–water partition coefficient (Wildman–Crippen LogP) is 4.89. The average molecular weight is 630 g/mol. The molecule has 2 aliphatic rings. The molecule has 2 aromatic carbocycles. The van der Waals surface area contributed by atoms with Gasteiger partial charge >= 0.3 is 12.2 Å². The first-order valence-corrected chi connectivity index (χ1v) is 20.0. The summed E-state index contributed by atoms with van der Waals surface area (Å²) < 4.78 is 39.8. The molecule has 1 aliphatic heterocycles. The number of sulfonamides is 1. The smallest absolute Gasteiger partial charge is 0.410 e. The van der Waals surface area contributed by atoms with Crippen molar-refractivity contribution in [2.24, 2.45) is 5.92 Å². The van der Waals surface area contributed by atoms with Crippen LogP contribution in [0.4, 0.5) is 9.59 Å². The molecular formula is C31H43N3O7SSi. The number of ketones is 1. The van der Waals surface area contributed by atoms with Crippen molar-refractivity contribution in [3.05, 3.63) is 66.2 Å². The van der Waals surface area contributed by atoms with Crippen molar-refractivity contribution in [2.75, 3.05) is 26.2 Å². The zero-order valence-corrected chi connectivity index (χ0v) is 27.1. The van der Waals surface area contributed by atoms with Gasteiger partial charge in [0.2, 0.25) is 10.0 Å². The van der Waals surface area contributed by atoms with E-state index in [1.807, 2.05) is 30.3 Å². The van der Waals surface area contributed by atoms with Gasteiger partial charge in [-0.25, -0.2) is 18.0 Å². The van der Waals surface area contributed by atoms with Gasteiger partial charge in [0.25, 0.3) is 0 Å². The Bertz CT molecular complexity index is 1350. The van der Waals surface area contributed by atoms with Crippen molar-refractivity contribution in [3.8, 4) is 0 Å². The van der Waals surface area contributed by atoms with Gasteiger partial charge in [0.05, 0.1) is 11.5 Å². The second-order valence-electron chi connectivity index (χ2n) is 12.6. The van der Waals surface area contributed by atoms with E-state index in [0.29, 0.717) is 25.9 Å². The van der Waals surface area contributed by atoms with Gasteiger partial charge in [-0.15, -0.1) is 0 Å². The molecule has 4 rings (SSSR count). The summed E-state index contributed by atoms with van der Waals surface area (Å²) in [5, 5.41) is 2.88. The number of alkyl carbamates (subject to hydrolysis) is 1. The molecule has 0 spiro atoms. The molecule has 1 saturated heterocycles. The molecule has 10 nitrogen and oxygen atoms in total. The first-order valence-electron chi connectivity index (χ1n) is 14.9. The molecule has 1 heterocycles. The number of carbonyl (C=O) groups excluding carboxylic acids is 3. The van der Waals surface area contributed by atoms with Crippen molar-refractivity contribution in [1.29, 1.82) is 0 Å². The second-order valence-corrected chi connectivity index (χ2v) is 20.1. The Balaban J connectivity index is 1.43. The molecule has 234 valence electrons. The van der Waals surface area contributed by atoms with E-state index in [2.05, 4.69) is 25.0 Å². The lowest BCUT2D eigenvalue weighted by Gasteiger charge is -2.40. The second kappa shape index (κ2) is 14.5. The fraction of sp³-hybridized carbons (Fsp3) is 0.516. The molecule has 1 aliphatic carbocycles. The zero-order chi connectivity index (χ0) is 31.0. The van der Waals surface area contributed by atoms with Gasteiger partial charge in [0.15, 0.2) is 0 Å². The molecule has 1 N–H and O–H groups in total. The molecular weight excluding hydrogens is 587 g/mol. The number of benzene rings is 2. The highest BCUT2D eigenvalue weighted by Gasteiger charge is 2.40. The predicted molar refractivity (Wildman–Crippen MR) is 166 cm³/mol. The maximum Gasteiger partial charge on any atom is 0.410 e. The van der Waals surface area contributed by atoms with Crippen LogP contribution in [-0.4, -0.2) is 82.0 Å². The fourth-order valence-corrected chi connectivity index (χ4v) is 7.92. The summed E-state index contributed by atoms with van der Waals surface area (Å²) in [6.45, 7) is 7.57. The number of hydrogen-bond acceptors (Lipinski definition) is 7. The van der Waals surface area contributed by atoms with Gasteiger partial charge in [0.1, 0.15) is 12.4 Å². The Morgan fingerprint density at radius 3 is 2.28 bits per heavy atom. The Hall–Kier alpha value is -3.22. The summed E-state index contributed by atoms with van der Waals surface area (Å²) >= 11 is 0. The number of hydrogen-bond donors (Lipinski definition) is 1. The Morgan fingerprint density at radius 1 is 0.930 bits per heavy atom. The van der Waals surface area contributed by atoms with Crippen LogP contribution in [0, 0.1) is 5.92 Å². The van der Waals surface area contributed by atoms with Gasteiger partial charge < -0.3 is 19.7 Å². The van der Waals surface area contributed by atoms with Gasteiger partial charge in [0, 0.05) is 52.6 Å². The molecule has 12 heteroatoms. The molecule has 0 bridgehead atoms. The number of nitrogens with zero attached hydrogens (tertiary/aromatic N) is 2. The Labute approximate surface area is 255 Å². The first kappa shape index (κ1) is 32.7. The fourth-order valence-electron chi connectivity index (χ4n) is 5.55. The van der Waals surface area contributed by atoms with Crippen LogP contribution >= 0.6 is 0 Å². The van der Waals surface area contributed by atoms with Crippen LogP contribution in [-0.2, 0) is 30.9 Å². The first-order chi connectivity index (χ1) is 20.4. The van der Waals surface area contributed by atoms with Gasteiger partial charge in [-0.3, -0.25) is 4.79 Å². The quantitative estimate of drug-likeness (QED) is 0.351. The van der Waals surface area contributed by atoms with E-state index in [4.69, 9.17) is 9.47 Å². The number of rotatable bonds is 11. The highest BCUT2D eigenvalue weighted by Crippen LogP contribution is 2.31. The molecule has 0 radical (unpaired) electrons. The lowest BCUT2D eigenvalue weighted by atomic mass is 9.94. The molecule has 3 unspecified atom stereocenters. The molecule has 3 atom stereocenters. The van der Waals surface area contributed by atoms with Crippen molar-refractivity contribution in [1.82, 2.24) is 14.5 Å². The molecule has 43 heavy (non-hydrogen) atoms. The number of ether oxygens (including phenoxy) is 2. The zero-order valence-electron chi connectivity index (χ0n) is 25.2. The topological polar surface area (TPSA) is 122 Å². The van der Waals surface area contributed by atoms with Crippen LogP contribution in [0.15, 0.2) is 65.6 Å². The van der Waals surface area contributed by atoms with Gasteiger partial charge in [-0.05, 0) is 42.5 Å². The van der Waals surface area contributed by atoms with E-state index in [0.717, 1.165) is 11.6 Å². The van der Waals surface area contributed by atoms with E-state index in [1.54, 1.807) is 35.2 Å². The summed E-state index contributed by atoms with van der Waals surface area (Å²) in [5.41, 5.74) is 0.862. The van der Waals surface area contributed by atoms with E-state index >= 15 is 0 Å². The van der Waals surface area contributed by atoms with E-state index < -0.39 is 36.3 Å². The summed E-state index contributed by atoms with van der Waals surface area (Å²) in [7, 11) is -5.18. The number of carbonyl (C=O) groups is 3. The lowest BCUT2D eigenvalue weighted by molar-refractivity contribution is -0.117. The minimum absolute atomic E-state index is 0.0564. The normalized spacial score (nSPS) is 21.4. The standard InChI is InChI=1S/C31H43N3O7SSi/c1-43(2,3)19-18-40-30(36)32-29-21-27(35)20-25(29)14-15-26-22-33(31(37)41-23-24-10-6-4-7-11-24)16-17-34(26)42(38,39)28-12-8-5-9-13-28/h4-13,25-26,29H,14-23H2,1-3H3,(H,32,36). The van der Waals surface area contributed by atoms with Crippen molar-refractivity contribution < 1.29 is 32.3 Å². The number of nitrogens with one attached hydrogen (secondary N) is 1. The maximum absolute atomic E-state index is 13.7. The minimum atomic E-state index is -3.83. The average Bonchev–Trinajstić information content (AvgIpc) is 3.33. The largest absolute Gasteiger partial charge is 0.450 e. The minimum Gasteiger partial charge on any atom is -0.450 e. The SMILES string of the molecule is C[Si](C)(C)CCOC(=O)NC1CC(=O)CC1CCC1CN(C(=O)OCc2ccccc2)CCN1S(=O)(=O)c1ccccc1. The number of Topliss-reactive ketones (excluding diaryl/α,β-unsaturated/α-hetero) is 1. The molecule has 2 fully saturated rings. The van der Waals surface area contributed by atoms with Crippen LogP contribution < -0.4 is 5.32 Å². The maximum atomic E-state index is 13.7. The van der Waals surface area contributed by atoms with Crippen LogP contribution in [0.1, 0.15) is 31.2 Å². The highest BCUT2D eigenvalue weighted by atomic mass is 32.2. The van der Waals surface area contributed by atoms with E-state index in [9.17, 15) is 22.8 Å². The van der Waals surface area contributed by atoms with Gasteiger partial charge in [-0.1, -0.05) is 68.2 Å². The van der Waals surface area contributed by atoms with E-state index in [1.165, 1.54) is 4.31 Å². The summed E-state index contributed by atoms with van der Waals surface area (Å²) in [5.74, 6) is -0.0975. The summed E-state index contributed by atoms with van der Waals surface area (Å²) in [6, 6.07) is 17.6. The third-order valence-corrected chi connectivity index (χ3v) is 11.7. The van der Waals surface area contributed by atoms with Crippen molar-refractivity contribution in [2.45, 2.75) is 75.0 Å². The van der Waals surface area contributed by atoms with Crippen LogP contribution in [0.3, 0.4) is 0 Å². The third kappa shape index (κ3) is 9.38. The third-order valence-electron chi connectivity index (χ3n) is 8.01. The van der Waals surface area contributed by atoms with Crippen LogP contribution in [0.5, 0.6) is 0 Å². The molecule has 2 aromatic rings. The Kier molecular flexibility index (Phi) is 11.0. The summed E-state index contributed by atoms with van der Waals surface area (Å²) in [6.07, 6.45) is 0.422. The van der Waals surface area contributed by atoms with E-state index in [-0.39, 0.29) is 55.3 Å². The van der Waals surface area contributed by atoms with Crippen molar-refractivity contribution >= 4 is 36.1 Å². The van der Waals surface area contributed by atoms with Gasteiger partial charge in [-0.2, -0.15) is 4.31 Å².